The second-order valence-electron chi connectivity index (χ2n) is 19.2. The molecule has 19 heteroatoms. The van der Waals surface area contributed by atoms with Crippen molar-refractivity contribution in [3.05, 3.63) is 99.0 Å². The predicted octanol–water partition coefficient (Wildman–Crippen LogP) is 3.26. The van der Waals surface area contributed by atoms with Crippen LogP contribution in [0.15, 0.2) is 65.5 Å². The number of piperidine rings is 1. The standard InChI is InChI=1S/C54H71N7O12/c1-35-11-17-40-9-4-10-41-32-46(61(50(40)41)53(35)67)52(66)57-42(18-21-47(55)62)36(2)73-33-39-14-12-37(13-15-39)7-5-23-56-49(64)34-72-30-29-71-28-27-70-26-25-69-24-6-8-38-16-19-43-45(31-38)59(3)54(68)60(43)44-20-22-48(63)58-51(44)65/h4,9-10,12-16,19,31,35-36,42,44,46H,5-8,11,17-18,20-30,32-34H2,1-3H3,(H2,55,62)(H,56,64)(H,57,66)(H,58,63,65)/t35-,36+,42-,44?,46-/m0/s1. The van der Waals surface area contributed by atoms with Gasteiger partial charge in [-0.1, -0.05) is 55.5 Å². The Morgan fingerprint density at radius 1 is 0.795 bits per heavy atom. The van der Waals surface area contributed by atoms with E-state index in [0.29, 0.717) is 77.6 Å². The fourth-order valence-electron chi connectivity index (χ4n) is 9.70. The third-order valence-corrected chi connectivity index (χ3v) is 13.9. The van der Waals surface area contributed by atoms with Gasteiger partial charge in [-0.05, 0) is 98.2 Å². The molecule has 0 spiro atoms. The number of anilines is 1. The van der Waals surface area contributed by atoms with Crippen LogP contribution in [0.4, 0.5) is 5.69 Å². The zero-order chi connectivity index (χ0) is 51.9. The summed E-state index contributed by atoms with van der Waals surface area (Å²) >= 11 is 0. The maximum absolute atomic E-state index is 13.9. The lowest BCUT2D eigenvalue weighted by Crippen LogP contribution is -2.54. The number of nitrogens with one attached hydrogen (secondary N) is 3. The van der Waals surface area contributed by atoms with Gasteiger partial charge in [-0.15, -0.1) is 0 Å². The quantitative estimate of drug-likeness (QED) is 0.0453. The summed E-state index contributed by atoms with van der Waals surface area (Å²) in [6, 6.07) is 17.9. The summed E-state index contributed by atoms with van der Waals surface area (Å²) in [6.07, 6.45) is 5.42. The van der Waals surface area contributed by atoms with Crippen LogP contribution in [0.2, 0.25) is 0 Å². The Hall–Kier alpha value is -6.25. The number of benzene rings is 3. The first kappa shape index (κ1) is 54.5. The van der Waals surface area contributed by atoms with Gasteiger partial charge in [-0.2, -0.15) is 0 Å². The van der Waals surface area contributed by atoms with Crippen LogP contribution in [-0.2, 0) is 91.8 Å². The van der Waals surface area contributed by atoms with Crippen LogP contribution < -0.4 is 32.3 Å². The Morgan fingerprint density at radius 2 is 1.47 bits per heavy atom. The van der Waals surface area contributed by atoms with Crippen LogP contribution in [0.5, 0.6) is 0 Å². The number of imide groups is 1. The number of hydrogen-bond acceptors (Lipinski definition) is 12. The molecule has 0 bridgehead atoms. The van der Waals surface area contributed by atoms with Crippen molar-refractivity contribution in [1.29, 1.82) is 0 Å². The van der Waals surface area contributed by atoms with Crippen LogP contribution in [-0.4, -0.2) is 122 Å². The van der Waals surface area contributed by atoms with Gasteiger partial charge in [-0.3, -0.25) is 48.1 Å². The van der Waals surface area contributed by atoms with Crippen LogP contribution in [0, 0.1) is 5.92 Å². The monoisotopic (exact) mass is 1010 g/mol. The highest BCUT2D eigenvalue weighted by molar-refractivity contribution is 6.05. The lowest BCUT2D eigenvalue weighted by molar-refractivity contribution is -0.136. The minimum absolute atomic E-state index is 0.0438. The molecule has 0 aliphatic carbocycles. The van der Waals surface area contributed by atoms with Crippen molar-refractivity contribution < 1.29 is 52.5 Å². The molecular formula is C54H71N7O12. The number of carbonyl (C=O) groups excluding carboxylic acids is 6. The van der Waals surface area contributed by atoms with E-state index in [0.717, 1.165) is 77.5 Å². The normalized spacial score (nSPS) is 18.3. The largest absolute Gasteiger partial charge is 0.379 e. The maximum Gasteiger partial charge on any atom is 0.329 e. The number of aromatic nitrogens is 2. The number of carbonyl (C=O) groups is 6. The van der Waals surface area contributed by atoms with Gasteiger partial charge in [0, 0.05) is 45.4 Å². The predicted molar refractivity (Wildman–Crippen MR) is 271 cm³/mol. The summed E-state index contributed by atoms with van der Waals surface area (Å²) < 4.78 is 31.6. The van der Waals surface area contributed by atoms with Crippen molar-refractivity contribution in [1.82, 2.24) is 25.1 Å². The zero-order valence-electron chi connectivity index (χ0n) is 42.3. The summed E-state index contributed by atoms with van der Waals surface area (Å²) in [7, 11) is 1.68. The van der Waals surface area contributed by atoms with Gasteiger partial charge in [0.15, 0.2) is 0 Å². The number of nitrogens with two attached hydrogens (primary N) is 1. The van der Waals surface area contributed by atoms with Gasteiger partial charge in [0.05, 0.1) is 75.1 Å². The van der Waals surface area contributed by atoms with Gasteiger partial charge in [0.2, 0.25) is 35.4 Å². The summed E-state index contributed by atoms with van der Waals surface area (Å²) in [4.78, 5) is 90.2. The van der Waals surface area contributed by atoms with E-state index in [1.165, 1.54) is 9.13 Å². The summed E-state index contributed by atoms with van der Waals surface area (Å²) in [5.41, 5.74) is 12.7. The second kappa shape index (κ2) is 26.6. The number of primary amides is 1. The van der Waals surface area contributed by atoms with Crippen molar-refractivity contribution in [3.8, 4) is 0 Å². The number of rotatable bonds is 29. The van der Waals surface area contributed by atoms with E-state index in [-0.39, 0.29) is 61.3 Å². The van der Waals surface area contributed by atoms with Gasteiger partial charge in [0.25, 0.3) is 0 Å². The summed E-state index contributed by atoms with van der Waals surface area (Å²) in [5.74, 6) is -1.95. The van der Waals surface area contributed by atoms with Gasteiger partial charge < -0.3 is 40.1 Å². The molecule has 5 atom stereocenters. The zero-order valence-corrected chi connectivity index (χ0v) is 42.3. The SMILES string of the molecule is C[C@H]1CCc2cccc3c2N(C1=O)[C@H](C(=O)N[C@@H](CCC(N)=O)[C@@H](C)OCc1ccc(CCCNC(=O)COCCOCCOCCOCCCc2ccc4c(c2)n(C)c(=O)n4C2CCC(=O)NC2=O)cc1)C3. The molecule has 394 valence electrons. The van der Waals surface area contributed by atoms with E-state index in [1.54, 1.807) is 11.9 Å². The molecule has 1 fully saturated rings. The molecule has 3 aliphatic rings. The lowest BCUT2D eigenvalue weighted by Gasteiger charge is -2.30. The number of fused-ring (bicyclic) bond motifs is 1. The minimum atomic E-state index is -0.711. The van der Waals surface area contributed by atoms with E-state index in [1.807, 2.05) is 74.5 Å². The van der Waals surface area contributed by atoms with Crippen molar-refractivity contribution in [2.75, 3.05) is 64.3 Å². The van der Waals surface area contributed by atoms with Crippen molar-refractivity contribution in [2.24, 2.45) is 18.7 Å². The fraction of sp³-hybridized carbons (Fsp3) is 0.537. The van der Waals surface area contributed by atoms with E-state index < -0.39 is 36.0 Å². The molecule has 3 aliphatic heterocycles. The van der Waals surface area contributed by atoms with Gasteiger partial charge in [0.1, 0.15) is 18.7 Å². The third-order valence-electron chi connectivity index (χ3n) is 13.9. The number of imidazole rings is 1. The van der Waals surface area contributed by atoms with E-state index >= 15 is 0 Å². The smallest absolute Gasteiger partial charge is 0.329 e. The average molecular weight is 1010 g/mol. The maximum atomic E-state index is 13.9. The first-order chi connectivity index (χ1) is 35.3. The van der Waals surface area contributed by atoms with Crippen LogP contribution in [0.25, 0.3) is 11.0 Å². The molecule has 1 aromatic heterocycles. The van der Waals surface area contributed by atoms with Gasteiger partial charge in [-0.25, -0.2) is 4.79 Å². The fourth-order valence-corrected chi connectivity index (χ4v) is 9.70. The second-order valence-corrected chi connectivity index (χ2v) is 19.2. The third kappa shape index (κ3) is 14.7. The minimum Gasteiger partial charge on any atom is -0.379 e. The van der Waals surface area contributed by atoms with E-state index in [2.05, 4.69) is 16.0 Å². The Kier molecular flexibility index (Phi) is 19.9. The summed E-state index contributed by atoms with van der Waals surface area (Å²) in [6.45, 7) is 7.33. The topological polar surface area (TPSA) is 241 Å². The Labute approximate surface area is 425 Å². The molecule has 19 nitrogen and oxygen atoms in total. The van der Waals surface area contributed by atoms with Crippen LogP contribution in [0.3, 0.4) is 0 Å². The van der Waals surface area contributed by atoms with Gasteiger partial charge >= 0.3 is 5.69 Å². The van der Waals surface area contributed by atoms with Crippen molar-refractivity contribution in [2.45, 2.75) is 115 Å². The molecule has 4 heterocycles. The van der Waals surface area contributed by atoms with E-state index in [4.69, 9.17) is 29.4 Å². The lowest BCUT2D eigenvalue weighted by atomic mass is 9.99. The molecular weight excluding hydrogens is 939 g/mol. The molecule has 7 rings (SSSR count). The number of amides is 6. The highest BCUT2D eigenvalue weighted by Gasteiger charge is 2.43. The van der Waals surface area contributed by atoms with E-state index in [9.17, 15) is 33.6 Å². The summed E-state index contributed by atoms with van der Waals surface area (Å²) in [5, 5.41) is 8.33. The number of hydrogen-bond donors (Lipinski definition) is 4. The number of nitrogens with zero attached hydrogens (tertiary/aromatic N) is 3. The molecule has 73 heavy (non-hydrogen) atoms. The Morgan fingerprint density at radius 3 is 2.19 bits per heavy atom. The molecule has 3 aromatic carbocycles. The molecule has 4 aromatic rings. The Balaban J connectivity index is 0.691. The highest BCUT2D eigenvalue weighted by Crippen LogP contribution is 2.40. The van der Waals surface area contributed by atoms with Crippen molar-refractivity contribution in [3.63, 3.8) is 0 Å². The van der Waals surface area contributed by atoms with Crippen LogP contribution in [0.1, 0.15) is 92.7 Å². The molecule has 1 saturated heterocycles. The van der Waals surface area contributed by atoms with Crippen LogP contribution >= 0.6 is 0 Å². The molecule has 5 N–H and O–H groups in total. The number of aryl methyl sites for hydroxylation is 4. The average Bonchev–Trinajstić information content (AvgIpc) is 3.85. The van der Waals surface area contributed by atoms with Crippen molar-refractivity contribution >= 4 is 52.2 Å². The first-order valence-corrected chi connectivity index (χ1v) is 25.6. The molecule has 6 amide bonds. The first-order valence-electron chi connectivity index (χ1n) is 25.6. The number of ether oxygens (including phenoxy) is 5. The Bertz CT molecular complexity index is 2630. The molecule has 1 unspecified atom stereocenters. The highest BCUT2D eigenvalue weighted by atomic mass is 16.6. The number of para-hydroxylation sites is 1. The molecule has 0 radical (unpaired) electrons. The molecule has 0 saturated carbocycles.